The minimum Gasteiger partial charge on any atom is -0.345 e. The lowest BCUT2D eigenvalue weighted by atomic mass is 10.0. The zero-order chi connectivity index (χ0) is 16.3. The van der Waals surface area contributed by atoms with Gasteiger partial charge in [-0.25, -0.2) is 0 Å². The first-order chi connectivity index (χ1) is 9.88. The fraction of sp³-hybridized carbons (Fsp3) is 0.846. The molecule has 0 aliphatic carbocycles. The fourth-order valence-electron chi connectivity index (χ4n) is 1.87. The van der Waals surface area contributed by atoms with Crippen LogP contribution in [0.2, 0.25) is 0 Å². The molecule has 0 aromatic carbocycles. The third kappa shape index (κ3) is 10.3. The third-order valence-electron chi connectivity index (χ3n) is 3.16. The van der Waals surface area contributed by atoms with Crippen LogP contribution in [-0.4, -0.2) is 43.2 Å². The van der Waals surface area contributed by atoms with Crippen LogP contribution < -0.4 is 33.6 Å². The van der Waals surface area contributed by atoms with Crippen LogP contribution in [-0.2, 0) is 9.59 Å². The molecule has 8 nitrogen and oxygen atoms in total. The fourth-order valence-corrected chi connectivity index (χ4v) is 1.87. The smallest absolute Gasteiger partial charge is 0.237 e. The van der Waals surface area contributed by atoms with Gasteiger partial charge in [-0.05, 0) is 52.1 Å². The van der Waals surface area contributed by atoms with Crippen LogP contribution in [0, 0.1) is 0 Å². The number of ketones is 1. The molecule has 0 unspecified atom stereocenters. The van der Waals surface area contributed by atoms with Crippen LogP contribution in [0.3, 0.4) is 0 Å². The summed E-state index contributed by atoms with van der Waals surface area (Å²) in [4.78, 5) is 23.4. The molecule has 0 radical (unpaired) electrons. The molecule has 8 heteroatoms. The quantitative estimate of drug-likeness (QED) is 0.181. The number of rotatable bonds is 12. The van der Waals surface area contributed by atoms with E-state index in [4.69, 9.17) is 22.9 Å². The Morgan fingerprint density at radius 3 is 2.24 bits per heavy atom. The number of hydrogen-bond donors (Lipinski definition) is 6. The van der Waals surface area contributed by atoms with Gasteiger partial charge in [0.1, 0.15) is 6.29 Å². The molecule has 0 fully saturated rings. The summed E-state index contributed by atoms with van der Waals surface area (Å²) < 4.78 is 0. The summed E-state index contributed by atoms with van der Waals surface area (Å²) in [5.41, 5.74) is 21.9. The molecule has 2 atom stereocenters. The van der Waals surface area contributed by atoms with Crippen LogP contribution in [0.25, 0.3) is 0 Å². The summed E-state index contributed by atoms with van der Waals surface area (Å²) in [6.45, 7) is 2.63. The zero-order valence-corrected chi connectivity index (χ0v) is 12.8. The van der Waals surface area contributed by atoms with Crippen molar-refractivity contribution in [3.05, 3.63) is 0 Å². The first-order valence-electron chi connectivity index (χ1n) is 7.39. The van der Waals surface area contributed by atoms with Gasteiger partial charge in [0.25, 0.3) is 0 Å². The monoisotopic (exact) mass is 302 g/mol. The number of nitrogens with one attached hydrogen (secondary N) is 2. The van der Waals surface area contributed by atoms with E-state index in [-0.39, 0.29) is 11.7 Å². The molecule has 0 saturated carbocycles. The van der Waals surface area contributed by atoms with Crippen molar-refractivity contribution >= 4 is 11.7 Å². The van der Waals surface area contributed by atoms with E-state index in [1.807, 2.05) is 0 Å². The minimum absolute atomic E-state index is 0.0663. The lowest BCUT2D eigenvalue weighted by molar-refractivity contribution is -0.127. The van der Waals surface area contributed by atoms with Crippen LogP contribution >= 0.6 is 0 Å². The normalized spacial score (nSPS) is 14.0. The molecule has 0 spiro atoms. The van der Waals surface area contributed by atoms with E-state index in [0.29, 0.717) is 32.4 Å². The average molecular weight is 302 g/mol. The molecular formula is C13H30N6O2. The number of amides is 1. The molecule has 10 N–H and O–H groups in total. The van der Waals surface area contributed by atoms with E-state index in [1.165, 1.54) is 6.92 Å². The van der Waals surface area contributed by atoms with E-state index in [2.05, 4.69) is 10.6 Å². The Morgan fingerprint density at radius 2 is 1.71 bits per heavy atom. The van der Waals surface area contributed by atoms with Crippen molar-refractivity contribution in [3.63, 3.8) is 0 Å². The summed E-state index contributed by atoms with van der Waals surface area (Å²) in [6, 6.07) is -1.12. The van der Waals surface area contributed by atoms with Gasteiger partial charge in [-0.3, -0.25) is 14.9 Å². The van der Waals surface area contributed by atoms with E-state index >= 15 is 0 Å². The topological polar surface area (TPSA) is 162 Å². The Hall–Kier alpha value is -1.06. The second-order valence-corrected chi connectivity index (χ2v) is 5.18. The molecule has 0 aromatic heterocycles. The van der Waals surface area contributed by atoms with Gasteiger partial charge in [0, 0.05) is 0 Å². The van der Waals surface area contributed by atoms with Gasteiger partial charge in [-0.1, -0.05) is 0 Å². The summed E-state index contributed by atoms with van der Waals surface area (Å²) >= 11 is 0. The van der Waals surface area contributed by atoms with Crippen molar-refractivity contribution in [1.82, 2.24) is 10.6 Å². The van der Waals surface area contributed by atoms with Gasteiger partial charge in [-0.2, -0.15) is 0 Å². The van der Waals surface area contributed by atoms with E-state index in [1.54, 1.807) is 0 Å². The Kier molecular flexibility index (Phi) is 11.0. The van der Waals surface area contributed by atoms with E-state index < -0.39 is 18.4 Å². The number of Topliss-reactive ketones (excluding diaryl/α,β-unsaturated/α-hetero) is 1. The maximum Gasteiger partial charge on any atom is 0.237 e. The SMILES string of the molecule is CC(=O)[C@H](CCCCN)NC(=O)[C@@H](N)CCCNC(N)N. The van der Waals surface area contributed by atoms with Crippen molar-refractivity contribution in [2.24, 2.45) is 22.9 Å². The largest absolute Gasteiger partial charge is 0.345 e. The second-order valence-electron chi connectivity index (χ2n) is 5.18. The maximum atomic E-state index is 11.9. The molecule has 0 bridgehead atoms. The van der Waals surface area contributed by atoms with Gasteiger partial charge >= 0.3 is 0 Å². The molecule has 21 heavy (non-hydrogen) atoms. The van der Waals surface area contributed by atoms with E-state index in [0.717, 1.165) is 12.8 Å². The van der Waals surface area contributed by atoms with Crippen molar-refractivity contribution in [1.29, 1.82) is 0 Å². The minimum atomic E-state index is -0.642. The van der Waals surface area contributed by atoms with Crippen LogP contribution in [0.15, 0.2) is 0 Å². The van der Waals surface area contributed by atoms with Gasteiger partial charge in [-0.15, -0.1) is 0 Å². The Morgan fingerprint density at radius 1 is 1.05 bits per heavy atom. The predicted molar refractivity (Wildman–Crippen MR) is 82.9 cm³/mol. The Bertz CT molecular complexity index is 311. The average Bonchev–Trinajstić information content (AvgIpc) is 2.41. The molecule has 124 valence electrons. The predicted octanol–water partition coefficient (Wildman–Crippen LogP) is -1.91. The van der Waals surface area contributed by atoms with Crippen molar-refractivity contribution in [2.45, 2.75) is 57.4 Å². The summed E-state index contributed by atoms with van der Waals surface area (Å²) in [6.07, 6.45) is 2.83. The highest BCUT2D eigenvalue weighted by Crippen LogP contribution is 2.03. The molecule has 0 saturated heterocycles. The summed E-state index contributed by atoms with van der Waals surface area (Å²) in [7, 11) is 0. The summed E-state index contributed by atoms with van der Waals surface area (Å²) in [5.74, 6) is -0.372. The number of nitrogens with two attached hydrogens (primary N) is 4. The molecule has 0 heterocycles. The molecule has 0 aliphatic rings. The number of carbonyl (C=O) groups excluding carboxylic acids is 2. The van der Waals surface area contributed by atoms with Crippen molar-refractivity contribution < 1.29 is 9.59 Å². The first kappa shape index (κ1) is 19.9. The highest BCUT2D eigenvalue weighted by molar-refractivity contribution is 5.89. The second kappa shape index (κ2) is 11.6. The van der Waals surface area contributed by atoms with Crippen molar-refractivity contribution in [3.8, 4) is 0 Å². The highest BCUT2D eigenvalue weighted by atomic mass is 16.2. The van der Waals surface area contributed by atoms with Gasteiger partial charge < -0.3 is 28.3 Å². The summed E-state index contributed by atoms with van der Waals surface area (Å²) in [5, 5.41) is 5.54. The molecular weight excluding hydrogens is 272 g/mol. The van der Waals surface area contributed by atoms with Crippen LogP contribution in [0.4, 0.5) is 0 Å². The molecule has 0 rings (SSSR count). The highest BCUT2D eigenvalue weighted by Gasteiger charge is 2.20. The van der Waals surface area contributed by atoms with Gasteiger partial charge in [0.15, 0.2) is 5.78 Å². The number of hydrogen-bond acceptors (Lipinski definition) is 7. The maximum absolute atomic E-state index is 11.9. The molecule has 0 aliphatic heterocycles. The molecule has 1 amide bonds. The van der Waals surface area contributed by atoms with E-state index in [9.17, 15) is 9.59 Å². The van der Waals surface area contributed by atoms with Gasteiger partial charge in [0.2, 0.25) is 5.91 Å². The van der Waals surface area contributed by atoms with Gasteiger partial charge in [0.05, 0.1) is 12.1 Å². The third-order valence-corrected chi connectivity index (χ3v) is 3.16. The van der Waals surface area contributed by atoms with Crippen LogP contribution in [0.5, 0.6) is 0 Å². The number of unbranched alkanes of at least 4 members (excludes halogenated alkanes) is 1. The zero-order valence-electron chi connectivity index (χ0n) is 12.8. The lowest BCUT2D eigenvalue weighted by Gasteiger charge is -2.19. The standard InChI is InChI=1S/C13H30N6O2/c1-9(20)11(6-2-3-7-14)19-12(21)10(15)5-4-8-18-13(16)17/h10-11,13,18H,2-8,14-17H2,1H3,(H,19,21)/t10-,11-/m0/s1. The first-order valence-corrected chi connectivity index (χ1v) is 7.39. The lowest BCUT2D eigenvalue weighted by Crippen LogP contribution is -2.48. The van der Waals surface area contributed by atoms with Crippen molar-refractivity contribution in [2.75, 3.05) is 13.1 Å². The Balaban J connectivity index is 4.07. The van der Waals surface area contributed by atoms with Crippen LogP contribution in [0.1, 0.15) is 39.0 Å². The number of carbonyl (C=O) groups is 2. The Labute approximate surface area is 126 Å². The molecule has 0 aromatic rings.